The van der Waals surface area contributed by atoms with Gasteiger partial charge >= 0.3 is 0 Å². The standard InChI is InChI=1S/C11H10O4S/c1-14-7-3-4-8-9(12)6-11(16(2)13)15-10(8)5-7/h3-6H,1-2H3. The van der Waals surface area contributed by atoms with Crippen LogP contribution in [0.25, 0.3) is 11.0 Å². The Morgan fingerprint density at radius 1 is 1.31 bits per heavy atom. The lowest BCUT2D eigenvalue weighted by Gasteiger charge is -2.02. The molecule has 0 amide bonds. The number of benzene rings is 1. The van der Waals surface area contributed by atoms with Crippen LogP contribution in [0.4, 0.5) is 0 Å². The molecule has 1 atom stereocenters. The highest BCUT2D eigenvalue weighted by atomic mass is 32.2. The van der Waals surface area contributed by atoms with Gasteiger partial charge in [0.15, 0.2) is 10.5 Å². The van der Waals surface area contributed by atoms with Crippen LogP contribution in [0.2, 0.25) is 0 Å². The summed E-state index contributed by atoms with van der Waals surface area (Å²) in [5.41, 5.74) is 0.186. The van der Waals surface area contributed by atoms with Crippen molar-refractivity contribution in [3.63, 3.8) is 0 Å². The van der Waals surface area contributed by atoms with Crippen molar-refractivity contribution in [2.75, 3.05) is 13.4 Å². The molecule has 1 aromatic carbocycles. The van der Waals surface area contributed by atoms with Crippen molar-refractivity contribution >= 4 is 21.8 Å². The molecule has 2 aromatic rings. The maximum atomic E-state index is 11.7. The van der Waals surface area contributed by atoms with Crippen LogP contribution in [0.1, 0.15) is 0 Å². The van der Waals surface area contributed by atoms with E-state index in [9.17, 15) is 9.00 Å². The van der Waals surface area contributed by atoms with Gasteiger partial charge in [-0.1, -0.05) is 0 Å². The van der Waals surface area contributed by atoms with E-state index in [0.717, 1.165) is 0 Å². The zero-order valence-electron chi connectivity index (χ0n) is 8.85. The van der Waals surface area contributed by atoms with Crippen LogP contribution in [0.3, 0.4) is 0 Å². The second kappa shape index (κ2) is 4.09. The molecule has 0 saturated carbocycles. The number of fused-ring (bicyclic) bond motifs is 1. The Bertz CT molecular complexity index is 615. The molecule has 0 fully saturated rings. The zero-order valence-corrected chi connectivity index (χ0v) is 9.67. The number of hydrogen-bond acceptors (Lipinski definition) is 4. The van der Waals surface area contributed by atoms with Crippen molar-refractivity contribution in [1.82, 2.24) is 0 Å². The molecule has 0 saturated heterocycles. The third kappa shape index (κ3) is 1.86. The summed E-state index contributed by atoms with van der Waals surface area (Å²) in [6.45, 7) is 0. The van der Waals surface area contributed by atoms with E-state index in [2.05, 4.69) is 0 Å². The van der Waals surface area contributed by atoms with Gasteiger partial charge in [-0.15, -0.1) is 0 Å². The van der Waals surface area contributed by atoms with Crippen LogP contribution in [-0.2, 0) is 10.8 Å². The zero-order chi connectivity index (χ0) is 11.7. The minimum absolute atomic E-state index is 0.172. The number of hydrogen-bond donors (Lipinski definition) is 0. The van der Waals surface area contributed by atoms with Crippen molar-refractivity contribution in [2.24, 2.45) is 0 Å². The Kier molecular flexibility index (Phi) is 2.78. The van der Waals surface area contributed by atoms with Crippen LogP contribution in [-0.4, -0.2) is 17.6 Å². The molecule has 0 aliphatic heterocycles. The average Bonchev–Trinajstić information content (AvgIpc) is 2.28. The van der Waals surface area contributed by atoms with Crippen LogP contribution in [0.15, 0.2) is 38.6 Å². The topological polar surface area (TPSA) is 56.5 Å². The summed E-state index contributed by atoms with van der Waals surface area (Å²) >= 11 is 0. The van der Waals surface area contributed by atoms with E-state index in [0.29, 0.717) is 16.7 Å². The second-order valence-corrected chi connectivity index (χ2v) is 4.56. The summed E-state index contributed by atoms with van der Waals surface area (Å²) < 4.78 is 21.6. The Balaban J connectivity index is 2.78. The van der Waals surface area contributed by atoms with Crippen molar-refractivity contribution in [3.05, 3.63) is 34.5 Å². The molecule has 4 nitrogen and oxygen atoms in total. The van der Waals surface area contributed by atoms with Crippen molar-refractivity contribution < 1.29 is 13.4 Å². The summed E-state index contributed by atoms with van der Waals surface area (Å²) in [6, 6.07) is 6.17. The highest BCUT2D eigenvalue weighted by Gasteiger charge is 2.08. The minimum Gasteiger partial charge on any atom is -0.497 e. The summed E-state index contributed by atoms with van der Waals surface area (Å²) in [5, 5.41) is 0.626. The van der Waals surface area contributed by atoms with E-state index in [4.69, 9.17) is 9.15 Å². The molecule has 5 heteroatoms. The molecular weight excluding hydrogens is 228 g/mol. The van der Waals surface area contributed by atoms with Gasteiger partial charge in [-0.2, -0.15) is 0 Å². The van der Waals surface area contributed by atoms with Crippen LogP contribution < -0.4 is 10.2 Å². The molecule has 16 heavy (non-hydrogen) atoms. The van der Waals surface area contributed by atoms with Gasteiger partial charge in [0.05, 0.1) is 23.3 Å². The number of ether oxygens (including phenoxy) is 1. The van der Waals surface area contributed by atoms with E-state index in [-0.39, 0.29) is 10.5 Å². The fourth-order valence-electron chi connectivity index (χ4n) is 1.38. The first-order valence-electron chi connectivity index (χ1n) is 4.57. The molecule has 2 rings (SSSR count). The lowest BCUT2D eigenvalue weighted by molar-refractivity contribution is 0.413. The summed E-state index contributed by atoms with van der Waals surface area (Å²) in [4.78, 5) is 11.7. The Labute approximate surface area is 94.3 Å². The molecule has 0 aliphatic carbocycles. The van der Waals surface area contributed by atoms with Gasteiger partial charge in [0, 0.05) is 18.4 Å². The Hall–Kier alpha value is -1.62. The normalized spacial score (nSPS) is 12.6. The van der Waals surface area contributed by atoms with Gasteiger partial charge in [0.2, 0.25) is 0 Å². The monoisotopic (exact) mass is 238 g/mol. The lowest BCUT2D eigenvalue weighted by atomic mass is 10.2. The highest BCUT2D eigenvalue weighted by molar-refractivity contribution is 7.84. The summed E-state index contributed by atoms with van der Waals surface area (Å²) in [7, 11) is 0.218. The Morgan fingerprint density at radius 3 is 2.69 bits per heavy atom. The van der Waals surface area contributed by atoms with E-state index < -0.39 is 10.8 Å². The number of rotatable bonds is 2. The van der Waals surface area contributed by atoms with Gasteiger partial charge in [0.1, 0.15) is 11.3 Å². The maximum absolute atomic E-state index is 11.7. The van der Waals surface area contributed by atoms with E-state index >= 15 is 0 Å². The first-order chi connectivity index (χ1) is 7.61. The summed E-state index contributed by atoms with van der Waals surface area (Å²) in [6.07, 6.45) is 1.46. The Morgan fingerprint density at radius 2 is 2.06 bits per heavy atom. The van der Waals surface area contributed by atoms with Crippen molar-refractivity contribution in [3.8, 4) is 5.75 Å². The largest absolute Gasteiger partial charge is 0.497 e. The summed E-state index contributed by atoms with van der Waals surface area (Å²) in [5.74, 6) is 0.592. The third-order valence-corrected chi connectivity index (χ3v) is 2.96. The van der Waals surface area contributed by atoms with Gasteiger partial charge in [0.25, 0.3) is 0 Å². The second-order valence-electron chi connectivity index (χ2n) is 3.25. The van der Waals surface area contributed by atoms with Gasteiger partial charge in [-0.3, -0.25) is 9.00 Å². The van der Waals surface area contributed by atoms with Gasteiger partial charge < -0.3 is 9.15 Å². The molecule has 1 heterocycles. The third-order valence-electron chi connectivity index (χ3n) is 2.20. The highest BCUT2D eigenvalue weighted by Crippen LogP contribution is 2.20. The molecule has 1 unspecified atom stereocenters. The van der Waals surface area contributed by atoms with E-state index in [1.165, 1.54) is 19.4 Å². The predicted octanol–water partition coefficient (Wildman–Crippen LogP) is 1.54. The molecule has 84 valence electrons. The van der Waals surface area contributed by atoms with Crippen LogP contribution in [0, 0.1) is 0 Å². The van der Waals surface area contributed by atoms with Crippen molar-refractivity contribution in [1.29, 1.82) is 0 Å². The number of methoxy groups -OCH3 is 1. The van der Waals surface area contributed by atoms with Gasteiger partial charge in [-0.05, 0) is 12.1 Å². The lowest BCUT2D eigenvalue weighted by Crippen LogP contribution is -2.02. The predicted molar refractivity (Wildman–Crippen MR) is 61.4 cm³/mol. The molecule has 0 N–H and O–H groups in total. The molecule has 0 radical (unpaired) electrons. The van der Waals surface area contributed by atoms with Crippen LogP contribution in [0.5, 0.6) is 5.75 Å². The maximum Gasteiger partial charge on any atom is 0.194 e. The fraction of sp³-hybridized carbons (Fsp3) is 0.182. The fourth-order valence-corrected chi connectivity index (χ4v) is 1.86. The van der Waals surface area contributed by atoms with E-state index in [1.807, 2.05) is 0 Å². The molecular formula is C11H10O4S. The molecule has 1 aromatic heterocycles. The average molecular weight is 238 g/mol. The quantitative estimate of drug-likeness (QED) is 0.796. The van der Waals surface area contributed by atoms with Crippen LogP contribution >= 0.6 is 0 Å². The molecule has 0 bridgehead atoms. The van der Waals surface area contributed by atoms with Gasteiger partial charge in [-0.25, -0.2) is 0 Å². The first kappa shape index (κ1) is 10.9. The molecule has 0 aliphatic rings. The van der Waals surface area contributed by atoms with E-state index in [1.54, 1.807) is 18.2 Å². The van der Waals surface area contributed by atoms with Crippen molar-refractivity contribution in [2.45, 2.75) is 5.09 Å². The minimum atomic E-state index is -1.31. The molecule has 0 spiro atoms. The SMILES string of the molecule is COc1ccc2c(=O)cc(S(C)=O)oc2c1. The first-order valence-corrected chi connectivity index (χ1v) is 6.13. The smallest absolute Gasteiger partial charge is 0.194 e.